The molecule has 2 atom stereocenters. The highest BCUT2D eigenvalue weighted by molar-refractivity contribution is 7.89. The molecule has 0 amide bonds. The van der Waals surface area contributed by atoms with Crippen molar-refractivity contribution in [2.75, 3.05) is 19.7 Å². The first kappa shape index (κ1) is 23.2. The molecule has 0 radical (unpaired) electrons. The van der Waals surface area contributed by atoms with Gasteiger partial charge in [-0.2, -0.15) is 4.31 Å². The number of aromatic amines is 1. The Morgan fingerprint density at radius 3 is 2.48 bits per heavy atom. The summed E-state index contributed by atoms with van der Waals surface area (Å²) in [6.07, 6.45) is 0.988. The molecule has 0 bridgehead atoms. The van der Waals surface area contributed by atoms with E-state index in [2.05, 4.69) is 4.98 Å². The number of rotatable bonds is 6. The summed E-state index contributed by atoms with van der Waals surface area (Å²) in [6.45, 7) is 6.36. The number of para-hydroxylation sites is 1. The molecular weight excluding hydrogens is 440 g/mol. The number of carbonyl (C=O) groups is 2. The first-order valence-corrected chi connectivity index (χ1v) is 12.5. The summed E-state index contributed by atoms with van der Waals surface area (Å²) in [5.41, 5.74) is 2.12. The van der Waals surface area contributed by atoms with E-state index in [-0.39, 0.29) is 28.1 Å². The second kappa shape index (κ2) is 9.11. The predicted molar refractivity (Wildman–Crippen MR) is 126 cm³/mol. The van der Waals surface area contributed by atoms with Gasteiger partial charge >= 0.3 is 5.97 Å². The molecule has 8 heteroatoms. The van der Waals surface area contributed by atoms with Gasteiger partial charge in [-0.25, -0.2) is 13.2 Å². The molecule has 7 nitrogen and oxygen atoms in total. The largest absolute Gasteiger partial charge is 0.454 e. The Balaban J connectivity index is 1.49. The fraction of sp³-hybridized carbons (Fsp3) is 0.360. The van der Waals surface area contributed by atoms with Crippen LogP contribution in [0.2, 0.25) is 0 Å². The number of aromatic nitrogens is 1. The highest BCUT2D eigenvalue weighted by atomic mass is 32.2. The lowest BCUT2D eigenvalue weighted by Crippen LogP contribution is -2.42. The van der Waals surface area contributed by atoms with Gasteiger partial charge in [-0.1, -0.05) is 38.1 Å². The van der Waals surface area contributed by atoms with Crippen LogP contribution in [0.15, 0.2) is 53.4 Å². The van der Waals surface area contributed by atoms with Gasteiger partial charge in [0.05, 0.1) is 10.5 Å². The smallest absolute Gasteiger partial charge is 0.338 e. The van der Waals surface area contributed by atoms with Crippen molar-refractivity contribution in [3.8, 4) is 0 Å². The SMILES string of the molecule is Cc1[nH]c2ccccc2c1C(=O)COC(=O)c1cccc(S(=O)(=O)N2CC(C)CC(C)C2)c1. The Labute approximate surface area is 193 Å². The van der Waals surface area contributed by atoms with Crippen LogP contribution in [0.5, 0.6) is 0 Å². The van der Waals surface area contributed by atoms with Crippen molar-refractivity contribution >= 4 is 32.7 Å². The van der Waals surface area contributed by atoms with Gasteiger partial charge in [0.1, 0.15) is 0 Å². The van der Waals surface area contributed by atoms with Crippen LogP contribution in [0.3, 0.4) is 0 Å². The number of ether oxygens (including phenoxy) is 1. The van der Waals surface area contributed by atoms with E-state index in [1.807, 2.05) is 38.1 Å². The van der Waals surface area contributed by atoms with Crippen LogP contribution in [0.1, 0.15) is 46.7 Å². The monoisotopic (exact) mass is 468 g/mol. The zero-order chi connectivity index (χ0) is 23.8. The molecular formula is C25H28N2O5S. The Bertz CT molecular complexity index is 1300. The third kappa shape index (κ3) is 4.72. The van der Waals surface area contributed by atoms with Crippen LogP contribution in [-0.4, -0.2) is 49.2 Å². The molecule has 0 aliphatic carbocycles. The molecule has 1 saturated heterocycles. The maximum Gasteiger partial charge on any atom is 0.338 e. The summed E-state index contributed by atoms with van der Waals surface area (Å²) >= 11 is 0. The number of benzene rings is 2. The molecule has 1 aromatic heterocycles. The van der Waals surface area contributed by atoms with Gasteiger partial charge in [0.2, 0.25) is 15.8 Å². The summed E-state index contributed by atoms with van der Waals surface area (Å²) < 4.78 is 33.0. The highest BCUT2D eigenvalue weighted by Crippen LogP contribution is 2.27. The summed E-state index contributed by atoms with van der Waals surface area (Å²) in [7, 11) is -3.73. The molecule has 1 N–H and O–H groups in total. The van der Waals surface area contributed by atoms with Gasteiger partial charge in [0.25, 0.3) is 0 Å². The lowest BCUT2D eigenvalue weighted by molar-refractivity contribution is 0.0474. The topological polar surface area (TPSA) is 96.5 Å². The fourth-order valence-corrected chi connectivity index (χ4v) is 6.38. The van der Waals surface area contributed by atoms with E-state index in [0.29, 0.717) is 24.3 Å². The van der Waals surface area contributed by atoms with Crippen molar-refractivity contribution in [2.45, 2.75) is 32.1 Å². The Morgan fingerprint density at radius 2 is 1.76 bits per heavy atom. The molecule has 1 aliphatic heterocycles. The third-order valence-corrected chi connectivity index (χ3v) is 7.88. The van der Waals surface area contributed by atoms with Crippen molar-refractivity contribution in [3.63, 3.8) is 0 Å². The zero-order valence-electron chi connectivity index (χ0n) is 19.0. The second-order valence-corrected chi connectivity index (χ2v) is 10.9. The molecule has 33 heavy (non-hydrogen) atoms. The minimum absolute atomic E-state index is 0.0528. The van der Waals surface area contributed by atoms with Crippen LogP contribution in [0.4, 0.5) is 0 Å². The van der Waals surface area contributed by atoms with Gasteiger partial charge in [0.15, 0.2) is 6.61 Å². The van der Waals surface area contributed by atoms with Gasteiger partial charge in [-0.05, 0) is 49.4 Å². The van der Waals surface area contributed by atoms with E-state index in [1.54, 1.807) is 6.92 Å². The van der Waals surface area contributed by atoms with Crippen LogP contribution >= 0.6 is 0 Å². The maximum atomic E-state index is 13.2. The number of nitrogens with zero attached hydrogens (tertiary/aromatic N) is 1. The summed E-state index contributed by atoms with van der Waals surface area (Å²) in [4.78, 5) is 28.6. The molecule has 1 fully saturated rings. The van der Waals surface area contributed by atoms with Crippen LogP contribution in [0, 0.1) is 18.8 Å². The third-order valence-electron chi connectivity index (χ3n) is 6.05. The molecule has 2 unspecified atom stereocenters. The first-order valence-electron chi connectivity index (χ1n) is 11.0. The number of sulfonamides is 1. The van der Waals surface area contributed by atoms with Gasteiger partial charge < -0.3 is 9.72 Å². The Kier molecular flexibility index (Phi) is 6.41. The number of hydrogen-bond acceptors (Lipinski definition) is 5. The van der Waals surface area contributed by atoms with E-state index in [0.717, 1.165) is 17.3 Å². The predicted octanol–water partition coefficient (Wildman–Crippen LogP) is 4.18. The second-order valence-electron chi connectivity index (χ2n) is 8.97. The molecule has 174 valence electrons. The Morgan fingerprint density at radius 1 is 1.06 bits per heavy atom. The highest BCUT2D eigenvalue weighted by Gasteiger charge is 2.32. The number of H-pyrrole nitrogens is 1. The number of ketones is 1. The number of aryl methyl sites for hydroxylation is 1. The molecule has 3 aromatic rings. The fourth-order valence-electron chi connectivity index (χ4n) is 4.66. The minimum atomic E-state index is -3.73. The molecule has 0 spiro atoms. The maximum absolute atomic E-state index is 13.2. The number of nitrogens with one attached hydrogen (secondary N) is 1. The standard InChI is InChI=1S/C25H28N2O5S/c1-16-11-17(2)14-27(13-16)33(30,31)20-8-6-7-19(12-20)25(29)32-15-23(28)24-18(3)26-22-10-5-4-9-21(22)24/h4-10,12,16-17,26H,11,13-15H2,1-3H3. The first-order chi connectivity index (χ1) is 15.7. The quantitative estimate of drug-likeness (QED) is 0.432. The van der Waals surface area contributed by atoms with Crippen molar-refractivity contribution in [1.29, 1.82) is 0 Å². The van der Waals surface area contributed by atoms with Crippen LogP contribution in [-0.2, 0) is 14.8 Å². The molecule has 2 aromatic carbocycles. The van der Waals surface area contributed by atoms with Gasteiger partial charge in [-0.15, -0.1) is 0 Å². The number of piperidine rings is 1. The number of hydrogen-bond donors (Lipinski definition) is 1. The average molecular weight is 469 g/mol. The summed E-state index contributed by atoms with van der Waals surface area (Å²) in [6, 6.07) is 13.2. The average Bonchev–Trinajstić information content (AvgIpc) is 3.12. The van der Waals surface area contributed by atoms with Gasteiger partial charge in [0, 0.05) is 35.2 Å². The zero-order valence-corrected chi connectivity index (χ0v) is 19.8. The van der Waals surface area contributed by atoms with Crippen molar-refractivity contribution < 1.29 is 22.7 Å². The van der Waals surface area contributed by atoms with Crippen molar-refractivity contribution in [3.05, 3.63) is 65.4 Å². The molecule has 0 saturated carbocycles. The number of carbonyl (C=O) groups excluding carboxylic acids is 2. The molecule has 4 rings (SSSR count). The lowest BCUT2D eigenvalue weighted by Gasteiger charge is -2.34. The molecule has 2 heterocycles. The van der Waals surface area contributed by atoms with Crippen LogP contribution < -0.4 is 0 Å². The normalized spacial score (nSPS) is 19.5. The Hall–Kier alpha value is -2.97. The number of esters is 1. The van der Waals surface area contributed by atoms with Crippen LogP contribution in [0.25, 0.3) is 10.9 Å². The van der Waals surface area contributed by atoms with E-state index in [1.165, 1.54) is 28.6 Å². The van der Waals surface area contributed by atoms with E-state index < -0.39 is 22.6 Å². The van der Waals surface area contributed by atoms with Gasteiger partial charge in [-0.3, -0.25) is 4.79 Å². The lowest BCUT2D eigenvalue weighted by atomic mass is 9.94. The van der Waals surface area contributed by atoms with Crippen molar-refractivity contribution in [1.82, 2.24) is 9.29 Å². The van der Waals surface area contributed by atoms with E-state index in [9.17, 15) is 18.0 Å². The molecule has 1 aliphatic rings. The number of fused-ring (bicyclic) bond motifs is 1. The number of Topliss-reactive ketones (excluding diaryl/α,β-unsaturated/α-hetero) is 1. The minimum Gasteiger partial charge on any atom is -0.454 e. The summed E-state index contributed by atoms with van der Waals surface area (Å²) in [5, 5.41) is 0.772. The summed E-state index contributed by atoms with van der Waals surface area (Å²) in [5.74, 6) is -0.511. The van der Waals surface area contributed by atoms with Crippen molar-refractivity contribution in [2.24, 2.45) is 11.8 Å². The van der Waals surface area contributed by atoms with E-state index in [4.69, 9.17) is 4.74 Å². The van der Waals surface area contributed by atoms with E-state index >= 15 is 0 Å².